The van der Waals surface area contributed by atoms with Gasteiger partial charge in [-0.1, -0.05) is 18.2 Å². The van der Waals surface area contributed by atoms with Crippen molar-refractivity contribution in [1.82, 2.24) is 5.32 Å². The fourth-order valence-electron chi connectivity index (χ4n) is 2.38. The number of carbonyl (C=O) groups is 2. The summed E-state index contributed by atoms with van der Waals surface area (Å²) in [4.78, 5) is 23.5. The van der Waals surface area contributed by atoms with Gasteiger partial charge in [-0.15, -0.1) is 0 Å². The number of carboxylic acid groups (broad SMARTS) is 1. The van der Waals surface area contributed by atoms with Gasteiger partial charge in [-0.3, -0.25) is 9.59 Å². The summed E-state index contributed by atoms with van der Waals surface area (Å²) < 4.78 is 24.1. The molecule has 0 aromatic heterocycles. The molecular formula is C18H18FNO5. The smallest absolute Gasteiger partial charge is 0.305 e. The van der Waals surface area contributed by atoms with Crippen LogP contribution in [0.2, 0.25) is 0 Å². The molecule has 2 aromatic rings. The molecule has 25 heavy (non-hydrogen) atoms. The van der Waals surface area contributed by atoms with E-state index in [0.717, 1.165) is 6.07 Å². The molecule has 2 N–H and O–H groups in total. The van der Waals surface area contributed by atoms with Crippen LogP contribution in [0.25, 0.3) is 0 Å². The first-order chi connectivity index (χ1) is 12.0. The zero-order valence-electron chi connectivity index (χ0n) is 13.8. The normalized spacial score (nSPS) is 11.5. The summed E-state index contributed by atoms with van der Waals surface area (Å²) in [6.07, 6.45) is -0.365. The molecule has 0 saturated carbocycles. The summed E-state index contributed by atoms with van der Waals surface area (Å²) >= 11 is 0. The van der Waals surface area contributed by atoms with Gasteiger partial charge in [-0.05, 0) is 29.8 Å². The van der Waals surface area contributed by atoms with Crippen molar-refractivity contribution in [2.24, 2.45) is 0 Å². The topological polar surface area (TPSA) is 84.9 Å². The zero-order valence-corrected chi connectivity index (χ0v) is 13.8. The minimum atomic E-state index is -1.10. The molecule has 7 heteroatoms. The van der Waals surface area contributed by atoms with Crippen LogP contribution in [0.5, 0.6) is 11.5 Å². The molecule has 0 aliphatic heterocycles. The molecule has 1 atom stereocenters. The zero-order chi connectivity index (χ0) is 18.4. The Kier molecular flexibility index (Phi) is 5.94. The van der Waals surface area contributed by atoms with E-state index in [1.54, 1.807) is 18.2 Å². The number of halogens is 1. The van der Waals surface area contributed by atoms with Gasteiger partial charge in [0.05, 0.1) is 32.2 Å². The first kappa shape index (κ1) is 18.3. The molecule has 0 spiro atoms. The molecule has 0 saturated heterocycles. The third-order valence-corrected chi connectivity index (χ3v) is 3.61. The van der Waals surface area contributed by atoms with Crippen molar-refractivity contribution in [2.75, 3.05) is 14.2 Å². The highest BCUT2D eigenvalue weighted by atomic mass is 19.1. The van der Waals surface area contributed by atoms with E-state index in [9.17, 15) is 14.0 Å². The maximum Gasteiger partial charge on any atom is 0.305 e. The average molecular weight is 347 g/mol. The third kappa shape index (κ3) is 4.47. The Morgan fingerprint density at radius 3 is 2.40 bits per heavy atom. The quantitative estimate of drug-likeness (QED) is 0.804. The number of ether oxygens (including phenoxy) is 2. The van der Waals surface area contributed by atoms with Gasteiger partial charge in [-0.25, -0.2) is 4.39 Å². The number of nitrogens with one attached hydrogen (secondary N) is 1. The Bertz CT molecular complexity index is 778. The lowest BCUT2D eigenvalue weighted by Crippen LogP contribution is -2.30. The summed E-state index contributed by atoms with van der Waals surface area (Å²) in [5, 5.41) is 11.7. The van der Waals surface area contributed by atoms with Gasteiger partial charge in [0.25, 0.3) is 5.91 Å². The standard InChI is InChI=1S/C18H18FNO5/c1-24-15-8-7-11(9-16(15)25-2)14(10-17(21)22)20-18(23)12-5-3-4-6-13(12)19/h3-9,14H,10H2,1-2H3,(H,20,23)(H,21,22)/t14-/m1/s1. The van der Waals surface area contributed by atoms with E-state index in [1.165, 1.54) is 32.4 Å². The number of methoxy groups -OCH3 is 2. The van der Waals surface area contributed by atoms with Crippen molar-refractivity contribution in [3.63, 3.8) is 0 Å². The maximum absolute atomic E-state index is 13.8. The minimum absolute atomic E-state index is 0.154. The minimum Gasteiger partial charge on any atom is -0.493 e. The van der Waals surface area contributed by atoms with Gasteiger partial charge >= 0.3 is 5.97 Å². The summed E-state index contributed by atoms with van der Waals surface area (Å²) in [6.45, 7) is 0. The first-order valence-corrected chi connectivity index (χ1v) is 7.45. The highest BCUT2D eigenvalue weighted by molar-refractivity contribution is 5.95. The highest BCUT2D eigenvalue weighted by Crippen LogP contribution is 2.31. The summed E-state index contributed by atoms with van der Waals surface area (Å²) in [5.74, 6) is -1.61. The first-order valence-electron chi connectivity index (χ1n) is 7.45. The maximum atomic E-state index is 13.8. The summed E-state index contributed by atoms with van der Waals surface area (Å²) in [5.41, 5.74) is 0.350. The number of carbonyl (C=O) groups excluding carboxylic acids is 1. The van der Waals surface area contributed by atoms with Crippen LogP contribution < -0.4 is 14.8 Å². The second kappa shape index (κ2) is 8.14. The van der Waals surface area contributed by atoms with Crippen molar-refractivity contribution in [2.45, 2.75) is 12.5 Å². The third-order valence-electron chi connectivity index (χ3n) is 3.61. The molecule has 132 valence electrons. The van der Waals surface area contributed by atoms with Crippen molar-refractivity contribution in [3.05, 3.63) is 59.4 Å². The van der Waals surface area contributed by atoms with E-state index in [2.05, 4.69) is 5.32 Å². The largest absolute Gasteiger partial charge is 0.493 e. The van der Waals surface area contributed by atoms with Gasteiger partial charge in [-0.2, -0.15) is 0 Å². The number of aliphatic carboxylic acids is 1. The molecule has 0 fully saturated rings. The van der Waals surface area contributed by atoms with Gasteiger partial charge in [0.2, 0.25) is 0 Å². The Morgan fingerprint density at radius 2 is 1.80 bits per heavy atom. The fraction of sp³-hybridized carbons (Fsp3) is 0.222. The lowest BCUT2D eigenvalue weighted by Gasteiger charge is -2.19. The van der Waals surface area contributed by atoms with Crippen LogP contribution in [0, 0.1) is 5.82 Å². The van der Waals surface area contributed by atoms with Gasteiger partial charge < -0.3 is 19.9 Å². The molecule has 6 nitrogen and oxygen atoms in total. The monoisotopic (exact) mass is 347 g/mol. The highest BCUT2D eigenvalue weighted by Gasteiger charge is 2.21. The SMILES string of the molecule is COc1ccc([C@@H](CC(=O)O)NC(=O)c2ccccc2F)cc1OC. The van der Waals surface area contributed by atoms with E-state index >= 15 is 0 Å². The Morgan fingerprint density at radius 1 is 1.12 bits per heavy atom. The number of benzene rings is 2. The van der Waals surface area contributed by atoms with E-state index in [-0.39, 0.29) is 12.0 Å². The molecule has 0 radical (unpaired) electrons. The molecule has 0 aliphatic carbocycles. The number of carboxylic acids is 1. The predicted molar refractivity (Wildman–Crippen MR) is 88.4 cm³/mol. The van der Waals surface area contributed by atoms with Crippen LogP contribution in [0.3, 0.4) is 0 Å². The summed E-state index contributed by atoms with van der Waals surface area (Å²) in [7, 11) is 2.93. The summed E-state index contributed by atoms with van der Waals surface area (Å²) in [6, 6.07) is 9.44. The molecule has 0 aliphatic rings. The number of amides is 1. The van der Waals surface area contributed by atoms with Crippen LogP contribution >= 0.6 is 0 Å². The molecule has 2 rings (SSSR count). The number of rotatable bonds is 7. The van der Waals surface area contributed by atoms with Crippen LogP contribution in [-0.4, -0.2) is 31.2 Å². The van der Waals surface area contributed by atoms with Crippen LogP contribution in [0.1, 0.15) is 28.4 Å². The Labute approximate surface area is 144 Å². The molecule has 0 heterocycles. The molecule has 1 amide bonds. The van der Waals surface area contributed by atoms with E-state index in [1.807, 2.05) is 0 Å². The fourth-order valence-corrected chi connectivity index (χ4v) is 2.38. The van der Waals surface area contributed by atoms with Gasteiger partial charge in [0.15, 0.2) is 11.5 Å². The van der Waals surface area contributed by atoms with Crippen LogP contribution in [0.4, 0.5) is 4.39 Å². The van der Waals surface area contributed by atoms with Gasteiger partial charge in [0.1, 0.15) is 5.82 Å². The van der Waals surface area contributed by atoms with Crippen molar-refractivity contribution >= 4 is 11.9 Å². The second-order valence-electron chi connectivity index (χ2n) is 5.22. The van der Waals surface area contributed by atoms with Crippen molar-refractivity contribution in [3.8, 4) is 11.5 Å². The van der Waals surface area contributed by atoms with Crippen molar-refractivity contribution in [1.29, 1.82) is 0 Å². The number of hydrogen-bond acceptors (Lipinski definition) is 4. The van der Waals surface area contributed by atoms with E-state index in [4.69, 9.17) is 14.6 Å². The van der Waals surface area contributed by atoms with Crippen LogP contribution in [0.15, 0.2) is 42.5 Å². The Hall–Kier alpha value is -3.09. The van der Waals surface area contributed by atoms with E-state index < -0.39 is 23.7 Å². The lowest BCUT2D eigenvalue weighted by molar-refractivity contribution is -0.137. The molecule has 2 aromatic carbocycles. The Balaban J connectivity index is 2.32. The molecular weight excluding hydrogens is 329 g/mol. The lowest BCUT2D eigenvalue weighted by atomic mass is 10.0. The molecule has 0 unspecified atom stereocenters. The average Bonchev–Trinajstić information content (AvgIpc) is 2.60. The predicted octanol–water partition coefficient (Wildman–Crippen LogP) is 2.79. The van der Waals surface area contributed by atoms with Crippen LogP contribution in [-0.2, 0) is 4.79 Å². The second-order valence-corrected chi connectivity index (χ2v) is 5.22. The molecule has 0 bridgehead atoms. The number of hydrogen-bond donors (Lipinski definition) is 2. The van der Waals surface area contributed by atoms with E-state index in [0.29, 0.717) is 17.1 Å². The van der Waals surface area contributed by atoms with Crippen molar-refractivity contribution < 1.29 is 28.6 Å². The van der Waals surface area contributed by atoms with Gasteiger partial charge in [0, 0.05) is 0 Å².